The number of hydrogen-bond acceptors (Lipinski definition) is 5. The molecule has 2 heterocycles. The highest BCUT2D eigenvalue weighted by Crippen LogP contribution is 2.30. The van der Waals surface area contributed by atoms with E-state index < -0.39 is 0 Å². The summed E-state index contributed by atoms with van der Waals surface area (Å²) >= 11 is 1.75. The average Bonchev–Trinajstić information content (AvgIpc) is 3.22. The highest BCUT2D eigenvalue weighted by molar-refractivity contribution is 7.22. The number of nitrogens with zero attached hydrogens (tertiary/aromatic N) is 3. The van der Waals surface area contributed by atoms with E-state index in [1.54, 1.807) is 11.3 Å². The van der Waals surface area contributed by atoms with E-state index in [1.807, 2.05) is 29.2 Å². The molecule has 0 N–H and O–H groups in total. The van der Waals surface area contributed by atoms with Gasteiger partial charge in [0.25, 0.3) is 5.91 Å². The highest BCUT2D eigenvalue weighted by atomic mass is 32.1. The summed E-state index contributed by atoms with van der Waals surface area (Å²) in [6.07, 6.45) is 3.19. The van der Waals surface area contributed by atoms with Crippen molar-refractivity contribution >= 4 is 32.6 Å². The summed E-state index contributed by atoms with van der Waals surface area (Å²) in [7, 11) is 0. The third kappa shape index (κ3) is 4.59. The van der Waals surface area contributed by atoms with E-state index in [0.717, 1.165) is 60.9 Å². The fourth-order valence-electron chi connectivity index (χ4n) is 3.62. The Kier molecular flexibility index (Phi) is 6.53. The van der Waals surface area contributed by atoms with E-state index in [1.165, 1.54) is 10.3 Å². The van der Waals surface area contributed by atoms with Crippen LogP contribution in [0.2, 0.25) is 0 Å². The van der Waals surface area contributed by atoms with Crippen LogP contribution in [0.15, 0.2) is 42.5 Å². The molecule has 1 aromatic heterocycles. The van der Waals surface area contributed by atoms with Gasteiger partial charge in [0.15, 0.2) is 5.13 Å². The third-order valence-electron chi connectivity index (χ3n) is 5.56. The van der Waals surface area contributed by atoms with Crippen molar-refractivity contribution in [3.8, 4) is 5.75 Å². The number of anilines is 1. The number of rotatable bonds is 7. The van der Waals surface area contributed by atoms with E-state index in [9.17, 15) is 4.79 Å². The number of amides is 1. The molecule has 4 rings (SSSR count). The molecule has 1 aliphatic heterocycles. The van der Waals surface area contributed by atoms with Gasteiger partial charge in [-0.05, 0) is 54.8 Å². The predicted octanol–water partition coefficient (Wildman–Crippen LogP) is 5.00. The minimum absolute atomic E-state index is 0.0895. The summed E-state index contributed by atoms with van der Waals surface area (Å²) in [4.78, 5) is 21.9. The number of fused-ring (bicyclic) bond motifs is 1. The van der Waals surface area contributed by atoms with Crippen LogP contribution in [-0.2, 0) is 6.42 Å². The molecule has 6 heteroatoms. The Balaban J connectivity index is 1.35. The largest absolute Gasteiger partial charge is 0.494 e. The van der Waals surface area contributed by atoms with Gasteiger partial charge in [0.2, 0.25) is 0 Å². The van der Waals surface area contributed by atoms with Crippen molar-refractivity contribution in [1.82, 2.24) is 9.88 Å². The number of thiazole rings is 1. The maximum absolute atomic E-state index is 12.9. The van der Waals surface area contributed by atoms with Crippen molar-refractivity contribution < 1.29 is 9.53 Å². The maximum atomic E-state index is 12.9. The third-order valence-corrected chi connectivity index (χ3v) is 6.63. The van der Waals surface area contributed by atoms with Crippen molar-refractivity contribution in [1.29, 1.82) is 0 Å². The summed E-state index contributed by atoms with van der Waals surface area (Å²) < 4.78 is 6.93. The molecule has 5 nitrogen and oxygen atoms in total. The summed E-state index contributed by atoms with van der Waals surface area (Å²) in [6, 6.07) is 14.0. The Morgan fingerprint density at radius 1 is 1.07 bits per heavy atom. The average molecular weight is 424 g/mol. The molecular formula is C24H29N3O2S. The molecule has 0 aliphatic carbocycles. The van der Waals surface area contributed by atoms with Crippen LogP contribution in [0.4, 0.5) is 5.13 Å². The van der Waals surface area contributed by atoms with E-state index in [-0.39, 0.29) is 5.91 Å². The molecule has 2 aromatic carbocycles. The molecule has 0 spiro atoms. The van der Waals surface area contributed by atoms with Crippen molar-refractivity contribution in [3.05, 3.63) is 53.6 Å². The van der Waals surface area contributed by atoms with Gasteiger partial charge in [0.05, 0.1) is 16.8 Å². The number of aromatic nitrogens is 1. The lowest BCUT2D eigenvalue weighted by Crippen LogP contribution is -2.48. The SMILES string of the molecule is CCCCOc1ccc(C(=O)N2CCN(c3nc4ccc(CC)cc4s3)CC2)cc1. The van der Waals surface area contributed by atoms with Crippen LogP contribution in [0.1, 0.15) is 42.6 Å². The summed E-state index contributed by atoms with van der Waals surface area (Å²) in [5.74, 6) is 0.915. The Bertz CT molecular complexity index is 991. The Morgan fingerprint density at radius 3 is 2.53 bits per heavy atom. The van der Waals surface area contributed by atoms with Gasteiger partial charge in [-0.2, -0.15) is 0 Å². The van der Waals surface area contributed by atoms with Gasteiger partial charge in [-0.3, -0.25) is 4.79 Å². The highest BCUT2D eigenvalue weighted by Gasteiger charge is 2.24. The Morgan fingerprint density at radius 2 is 1.83 bits per heavy atom. The molecular weight excluding hydrogens is 394 g/mol. The van der Waals surface area contributed by atoms with Crippen molar-refractivity contribution in [2.45, 2.75) is 33.1 Å². The molecule has 1 amide bonds. The summed E-state index contributed by atoms with van der Waals surface area (Å²) in [5, 5.41) is 1.05. The van der Waals surface area contributed by atoms with Crippen molar-refractivity contribution in [2.75, 3.05) is 37.7 Å². The van der Waals surface area contributed by atoms with Gasteiger partial charge in [-0.1, -0.05) is 37.7 Å². The van der Waals surface area contributed by atoms with Crippen LogP contribution >= 0.6 is 11.3 Å². The lowest BCUT2D eigenvalue weighted by molar-refractivity contribution is 0.0746. The zero-order chi connectivity index (χ0) is 20.9. The van der Waals surface area contributed by atoms with Crippen LogP contribution in [0, 0.1) is 0 Å². The molecule has 158 valence electrons. The monoisotopic (exact) mass is 423 g/mol. The topological polar surface area (TPSA) is 45.7 Å². The zero-order valence-electron chi connectivity index (χ0n) is 17.8. The van der Waals surface area contributed by atoms with E-state index in [0.29, 0.717) is 13.1 Å². The molecule has 0 saturated carbocycles. The van der Waals surface area contributed by atoms with Crippen molar-refractivity contribution in [2.24, 2.45) is 0 Å². The van der Waals surface area contributed by atoms with Gasteiger partial charge < -0.3 is 14.5 Å². The van der Waals surface area contributed by atoms with Crippen molar-refractivity contribution in [3.63, 3.8) is 0 Å². The molecule has 1 fully saturated rings. The smallest absolute Gasteiger partial charge is 0.253 e. The quantitative estimate of drug-likeness (QED) is 0.502. The van der Waals surface area contributed by atoms with Crippen LogP contribution in [0.3, 0.4) is 0 Å². The molecule has 1 saturated heterocycles. The number of benzene rings is 2. The second-order valence-electron chi connectivity index (χ2n) is 7.66. The first-order valence-corrected chi connectivity index (χ1v) is 11.7. The van der Waals surface area contributed by atoms with Gasteiger partial charge in [0, 0.05) is 31.7 Å². The van der Waals surface area contributed by atoms with E-state index in [4.69, 9.17) is 9.72 Å². The molecule has 0 unspecified atom stereocenters. The fourth-order valence-corrected chi connectivity index (χ4v) is 4.70. The molecule has 1 aliphatic rings. The molecule has 0 bridgehead atoms. The first-order valence-electron chi connectivity index (χ1n) is 10.8. The van der Waals surface area contributed by atoms with Crippen LogP contribution in [0.25, 0.3) is 10.2 Å². The second-order valence-corrected chi connectivity index (χ2v) is 8.67. The number of carbonyl (C=O) groups excluding carboxylic acids is 1. The predicted molar refractivity (Wildman–Crippen MR) is 124 cm³/mol. The van der Waals surface area contributed by atoms with Crippen LogP contribution < -0.4 is 9.64 Å². The normalized spacial score (nSPS) is 14.3. The van der Waals surface area contributed by atoms with E-state index in [2.05, 4.69) is 36.9 Å². The summed E-state index contributed by atoms with van der Waals surface area (Å²) in [6.45, 7) is 8.08. The zero-order valence-corrected chi connectivity index (χ0v) is 18.6. The standard InChI is InChI=1S/C24H29N3O2S/c1-3-5-16-29-20-9-7-19(8-10-20)23(28)26-12-14-27(15-13-26)24-25-21-11-6-18(4-2)17-22(21)30-24/h6-11,17H,3-5,12-16H2,1-2H3. The maximum Gasteiger partial charge on any atom is 0.253 e. The number of hydrogen-bond donors (Lipinski definition) is 0. The number of ether oxygens (including phenoxy) is 1. The second kappa shape index (κ2) is 9.47. The van der Waals surface area contributed by atoms with Gasteiger partial charge in [-0.25, -0.2) is 4.98 Å². The van der Waals surface area contributed by atoms with Gasteiger partial charge >= 0.3 is 0 Å². The van der Waals surface area contributed by atoms with Crippen LogP contribution in [-0.4, -0.2) is 48.6 Å². The minimum Gasteiger partial charge on any atom is -0.494 e. The minimum atomic E-state index is 0.0895. The number of unbranched alkanes of at least 4 members (excludes halogenated alkanes) is 1. The number of piperazine rings is 1. The summed E-state index contributed by atoms with van der Waals surface area (Å²) in [5.41, 5.74) is 3.13. The molecule has 30 heavy (non-hydrogen) atoms. The fraction of sp³-hybridized carbons (Fsp3) is 0.417. The first kappa shape index (κ1) is 20.7. The number of carbonyl (C=O) groups is 1. The molecule has 0 radical (unpaired) electrons. The number of aryl methyl sites for hydroxylation is 1. The van der Waals surface area contributed by atoms with Gasteiger partial charge in [-0.15, -0.1) is 0 Å². The lowest BCUT2D eigenvalue weighted by atomic mass is 10.1. The molecule has 3 aromatic rings. The Hall–Kier alpha value is -2.60. The van der Waals surface area contributed by atoms with E-state index >= 15 is 0 Å². The van der Waals surface area contributed by atoms with Crippen LogP contribution in [0.5, 0.6) is 5.75 Å². The Labute approximate surface area is 182 Å². The lowest BCUT2D eigenvalue weighted by Gasteiger charge is -2.34. The molecule has 0 atom stereocenters. The first-order chi connectivity index (χ1) is 14.7. The van der Waals surface area contributed by atoms with Gasteiger partial charge in [0.1, 0.15) is 5.75 Å².